The number of nitrogens with one attached hydrogen (secondary N) is 1. The van der Waals surface area contributed by atoms with Gasteiger partial charge in [-0.1, -0.05) is 29.8 Å². The minimum atomic E-state index is 0.189. The van der Waals surface area contributed by atoms with Crippen LogP contribution in [0.2, 0.25) is 5.02 Å². The third-order valence-corrected chi connectivity index (χ3v) is 4.23. The summed E-state index contributed by atoms with van der Waals surface area (Å²) in [5.74, 6) is 0. The van der Waals surface area contributed by atoms with Gasteiger partial charge in [0.25, 0.3) is 0 Å². The first-order valence-corrected chi connectivity index (χ1v) is 7.73. The van der Waals surface area contributed by atoms with E-state index in [4.69, 9.17) is 11.6 Å². The summed E-state index contributed by atoms with van der Waals surface area (Å²) in [6, 6.07) is 10.5. The highest BCUT2D eigenvalue weighted by atomic mass is 35.5. The van der Waals surface area contributed by atoms with Crippen molar-refractivity contribution in [1.29, 1.82) is 0 Å². The first-order chi connectivity index (χ1) is 9.90. The highest BCUT2D eigenvalue weighted by Crippen LogP contribution is 2.27. The molecule has 0 fully saturated rings. The molecule has 0 aliphatic heterocycles. The van der Waals surface area contributed by atoms with E-state index in [9.17, 15) is 0 Å². The molecule has 0 spiro atoms. The summed E-state index contributed by atoms with van der Waals surface area (Å²) in [6.07, 6.45) is 0. The molecule has 1 heterocycles. The Labute approximate surface area is 132 Å². The zero-order valence-corrected chi connectivity index (χ0v) is 14.1. The van der Waals surface area contributed by atoms with Crippen LogP contribution in [0.1, 0.15) is 54.0 Å². The largest absolute Gasteiger partial charge is 0.304 e. The number of halogens is 1. The van der Waals surface area contributed by atoms with Crippen LogP contribution >= 0.6 is 11.6 Å². The van der Waals surface area contributed by atoms with Gasteiger partial charge >= 0.3 is 0 Å². The van der Waals surface area contributed by atoms with E-state index < -0.39 is 0 Å². The van der Waals surface area contributed by atoms with Gasteiger partial charge in [-0.15, -0.1) is 0 Å². The normalized spacial score (nSPS) is 14.0. The molecule has 2 rings (SSSR count). The van der Waals surface area contributed by atoms with Gasteiger partial charge in [0.1, 0.15) is 0 Å². The second kappa shape index (κ2) is 6.59. The molecule has 2 atom stereocenters. The van der Waals surface area contributed by atoms with Crippen LogP contribution in [0.5, 0.6) is 0 Å². The fourth-order valence-corrected chi connectivity index (χ4v) is 3.36. The monoisotopic (exact) mass is 302 g/mol. The van der Waals surface area contributed by atoms with Crippen molar-refractivity contribution < 1.29 is 0 Å². The Hall–Kier alpha value is -1.38. The number of aromatic nitrogens is 1. The predicted octanol–water partition coefficient (Wildman–Crippen LogP) is 5.07. The minimum Gasteiger partial charge on any atom is -0.304 e. The Kier molecular flexibility index (Phi) is 5.02. The molecule has 1 aromatic carbocycles. The van der Waals surface area contributed by atoms with Crippen molar-refractivity contribution in [3.8, 4) is 0 Å². The molecule has 21 heavy (non-hydrogen) atoms. The minimum absolute atomic E-state index is 0.189. The molecule has 2 nitrogen and oxygen atoms in total. The zero-order valence-electron chi connectivity index (χ0n) is 13.4. The fraction of sp³-hybridized carbons (Fsp3) is 0.389. The molecule has 0 aliphatic carbocycles. The number of hydrogen-bond acceptors (Lipinski definition) is 2. The van der Waals surface area contributed by atoms with E-state index in [-0.39, 0.29) is 12.1 Å². The lowest BCUT2D eigenvalue weighted by molar-refractivity contribution is 0.490. The van der Waals surface area contributed by atoms with Crippen molar-refractivity contribution in [3.63, 3.8) is 0 Å². The van der Waals surface area contributed by atoms with Crippen molar-refractivity contribution in [2.75, 3.05) is 0 Å². The fourth-order valence-electron chi connectivity index (χ4n) is 3.06. The van der Waals surface area contributed by atoms with Gasteiger partial charge in [0, 0.05) is 28.5 Å². The van der Waals surface area contributed by atoms with Crippen molar-refractivity contribution in [1.82, 2.24) is 10.3 Å². The van der Waals surface area contributed by atoms with E-state index in [1.165, 1.54) is 11.1 Å². The van der Waals surface area contributed by atoms with Crippen LogP contribution in [0, 0.1) is 20.8 Å². The Balaban J connectivity index is 2.22. The van der Waals surface area contributed by atoms with Crippen LogP contribution < -0.4 is 5.32 Å². The van der Waals surface area contributed by atoms with E-state index in [1.54, 1.807) is 0 Å². The Morgan fingerprint density at radius 1 is 1.05 bits per heavy atom. The lowest BCUT2D eigenvalue weighted by Crippen LogP contribution is -2.24. The van der Waals surface area contributed by atoms with Gasteiger partial charge in [0.15, 0.2) is 0 Å². The molecule has 112 valence electrons. The molecule has 2 aromatic rings. The second-order valence-corrected chi connectivity index (χ2v) is 6.12. The average molecular weight is 303 g/mol. The topological polar surface area (TPSA) is 24.9 Å². The van der Waals surface area contributed by atoms with Crippen LogP contribution in [0.4, 0.5) is 0 Å². The summed E-state index contributed by atoms with van der Waals surface area (Å²) >= 11 is 6.28. The van der Waals surface area contributed by atoms with Crippen molar-refractivity contribution in [2.24, 2.45) is 0 Å². The highest BCUT2D eigenvalue weighted by molar-refractivity contribution is 6.31. The summed E-state index contributed by atoms with van der Waals surface area (Å²) in [5, 5.41) is 4.44. The SMILES string of the molecule is Cc1cc(C)c(C(C)N[C@@H](C)c2ccccc2Cl)c(C)n1. The predicted molar refractivity (Wildman–Crippen MR) is 89.9 cm³/mol. The van der Waals surface area contributed by atoms with Crippen LogP contribution in [0.15, 0.2) is 30.3 Å². The van der Waals surface area contributed by atoms with Crippen LogP contribution in [0.25, 0.3) is 0 Å². The van der Waals surface area contributed by atoms with E-state index in [2.05, 4.69) is 50.1 Å². The molecule has 0 bridgehead atoms. The summed E-state index contributed by atoms with van der Waals surface area (Å²) in [5.41, 5.74) is 5.85. The van der Waals surface area contributed by atoms with Crippen LogP contribution in [-0.2, 0) is 0 Å². The third-order valence-electron chi connectivity index (χ3n) is 3.89. The first kappa shape index (κ1) is 16.0. The van der Waals surface area contributed by atoms with Gasteiger partial charge < -0.3 is 5.32 Å². The van der Waals surface area contributed by atoms with Crippen molar-refractivity contribution >= 4 is 11.6 Å². The van der Waals surface area contributed by atoms with Crippen LogP contribution in [-0.4, -0.2) is 4.98 Å². The number of hydrogen-bond donors (Lipinski definition) is 1. The number of pyridine rings is 1. The standard InChI is InChI=1S/C18H23ClN2/c1-11-10-12(2)20-14(4)18(11)15(5)21-13(3)16-8-6-7-9-17(16)19/h6-10,13,15,21H,1-5H3/t13-,15?/m0/s1. The molecule has 1 unspecified atom stereocenters. The Morgan fingerprint density at radius 3 is 2.33 bits per heavy atom. The number of rotatable bonds is 4. The summed E-state index contributed by atoms with van der Waals surface area (Å²) in [4.78, 5) is 4.59. The molecule has 1 N–H and O–H groups in total. The lowest BCUT2D eigenvalue weighted by Gasteiger charge is -2.24. The van der Waals surface area contributed by atoms with Gasteiger partial charge in [0.05, 0.1) is 0 Å². The van der Waals surface area contributed by atoms with E-state index in [0.29, 0.717) is 0 Å². The highest BCUT2D eigenvalue weighted by Gasteiger charge is 2.17. The maximum atomic E-state index is 6.28. The summed E-state index contributed by atoms with van der Waals surface area (Å²) in [6.45, 7) is 10.6. The van der Waals surface area contributed by atoms with Gasteiger partial charge in [-0.3, -0.25) is 4.98 Å². The van der Waals surface area contributed by atoms with Gasteiger partial charge in [-0.25, -0.2) is 0 Å². The number of aryl methyl sites for hydroxylation is 3. The Morgan fingerprint density at radius 2 is 1.71 bits per heavy atom. The summed E-state index contributed by atoms with van der Waals surface area (Å²) < 4.78 is 0. The van der Waals surface area contributed by atoms with Crippen molar-refractivity contribution in [2.45, 2.75) is 46.7 Å². The number of benzene rings is 1. The molecular weight excluding hydrogens is 280 g/mol. The van der Waals surface area contributed by atoms with Gasteiger partial charge in [-0.05, 0) is 63.4 Å². The molecule has 0 aliphatic rings. The molecule has 0 amide bonds. The maximum Gasteiger partial charge on any atom is 0.0453 e. The van der Waals surface area contributed by atoms with Crippen LogP contribution in [0.3, 0.4) is 0 Å². The molecule has 3 heteroatoms. The van der Waals surface area contributed by atoms with Gasteiger partial charge in [0.2, 0.25) is 0 Å². The smallest absolute Gasteiger partial charge is 0.0453 e. The maximum absolute atomic E-state index is 6.28. The first-order valence-electron chi connectivity index (χ1n) is 7.35. The lowest BCUT2D eigenvalue weighted by atomic mass is 9.98. The van der Waals surface area contributed by atoms with Crippen molar-refractivity contribution in [3.05, 3.63) is 63.4 Å². The van der Waals surface area contributed by atoms with E-state index >= 15 is 0 Å². The average Bonchev–Trinajstić information content (AvgIpc) is 2.37. The Bertz CT molecular complexity index is 614. The molecule has 0 saturated carbocycles. The summed E-state index contributed by atoms with van der Waals surface area (Å²) in [7, 11) is 0. The van der Waals surface area contributed by atoms with E-state index in [1.807, 2.05) is 25.1 Å². The van der Waals surface area contributed by atoms with E-state index in [0.717, 1.165) is 22.0 Å². The number of nitrogens with zero attached hydrogens (tertiary/aromatic N) is 1. The zero-order chi connectivity index (χ0) is 15.6. The van der Waals surface area contributed by atoms with Gasteiger partial charge in [-0.2, -0.15) is 0 Å². The third kappa shape index (κ3) is 3.63. The molecule has 0 saturated heterocycles. The quantitative estimate of drug-likeness (QED) is 0.852. The molecule has 0 radical (unpaired) electrons. The second-order valence-electron chi connectivity index (χ2n) is 5.71. The molecule has 1 aromatic heterocycles. The molecular formula is C18H23ClN2.